The zero-order valence-corrected chi connectivity index (χ0v) is 16.0. The number of rotatable bonds is 4. The summed E-state index contributed by atoms with van der Waals surface area (Å²) in [6.45, 7) is 0. The van der Waals surface area contributed by atoms with E-state index in [9.17, 15) is 12.8 Å². The first kappa shape index (κ1) is 18.0. The Hall–Kier alpha value is -2.38. The van der Waals surface area contributed by atoms with Crippen molar-refractivity contribution in [1.29, 1.82) is 0 Å². The van der Waals surface area contributed by atoms with Crippen LogP contribution in [0.25, 0.3) is 11.0 Å². The molecular weight excluding hydrogens is 367 g/mol. The predicted molar refractivity (Wildman–Crippen MR) is 103 cm³/mol. The number of likely N-dealkylation sites (N-methyl/N-ethyl adjacent to an activating group) is 1. The van der Waals surface area contributed by atoms with Crippen LogP contribution in [0.1, 0.15) is 17.7 Å². The second-order valence-electron chi connectivity index (χ2n) is 7.13. The Kier molecular flexibility index (Phi) is 4.44. The maximum absolute atomic E-state index is 13.0. The number of sulfonamides is 1. The molecule has 1 aliphatic carbocycles. The summed E-state index contributed by atoms with van der Waals surface area (Å²) in [5, 5.41) is 0.846. The minimum Gasteiger partial charge on any atom is -0.461 e. The fourth-order valence-corrected chi connectivity index (χ4v) is 4.66. The summed E-state index contributed by atoms with van der Waals surface area (Å²) < 4.78 is 47.0. The molecule has 0 fully saturated rings. The molecule has 1 N–H and O–H groups in total. The van der Waals surface area contributed by atoms with Gasteiger partial charge in [-0.1, -0.05) is 0 Å². The van der Waals surface area contributed by atoms with E-state index in [2.05, 4.69) is 23.7 Å². The molecule has 142 valence electrons. The maximum Gasteiger partial charge on any atom is 0.261 e. The molecule has 0 spiro atoms. The highest BCUT2D eigenvalue weighted by Gasteiger charge is 2.26. The van der Waals surface area contributed by atoms with E-state index in [0.717, 1.165) is 36.0 Å². The normalized spacial score (nSPS) is 17.3. The zero-order chi connectivity index (χ0) is 19.2. The van der Waals surface area contributed by atoms with Crippen LogP contribution in [0, 0.1) is 5.82 Å². The molecule has 0 aliphatic heterocycles. The number of halogens is 1. The van der Waals surface area contributed by atoms with E-state index < -0.39 is 15.8 Å². The van der Waals surface area contributed by atoms with Gasteiger partial charge in [0.05, 0.1) is 4.90 Å². The third kappa shape index (κ3) is 3.44. The lowest BCUT2D eigenvalue weighted by Crippen LogP contribution is -2.33. The Morgan fingerprint density at radius 2 is 1.89 bits per heavy atom. The van der Waals surface area contributed by atoms with Gasteiger partial charge in [0.15, 0.2) is 0 Å². The lowest BCUT2D eigenvalue weighted by molar-refractivity contribution is 0.261. The molecule has 2 aromatic carbocycles. The number of anilines is 1. The van der Waals surface area contributed by atoms with Crippen molar-refractivity contribution in [2.24, 2.45) is 0 Å². The monoisotopic (exact) mass is 388 g/mol. The van der Waals surface area contributed by atoms with Gasteiger partial charge < -0.3 is 9.32 Å². The molecule has 27 heavy (non-hydrogen) atoms. The van der Waals surface area contributed by atoms with E-state index in [1.54, 1.807) is 12.1 Å². The average Bonchev–Trinajstić information content (AvgIpc) is 3.00. The highest BCUT2D eigenvalue weighted by atomic mass is 32.2. The summed E-state index contributed by atoms with van der Waals surface area (Å²) in [4.78, 5) is 2.35. The van der Waals surface area contributed by atoms with Crippen LogP contribution in [0.5, 0.6) is 0 Å². The van der Waals surface area contributed by atoms with E-state index in [4.69, 9.17) is 4.42 Å². The second kappa shape index (κ2) is 6.65. The van der Waals surface area contributed by atoms with Crippen molar-refractivity contribution in [3.63, 3.8) is 0 Å². The van der Waals surface area contributed by atoms with Crippen LogP contribution in [0.15, 0.2) is 51.8 Å². The van der Waals surface area contributed by atoms with Crippen LogP contribution in [0.3, 0.4) is 0 Å². The first-order valence-electron chi connectivity index (χ1n) is 8.82. The van der Waals surface area contributed by atoms with Gasteiger partial charge in [0.2, 0.25) is 0 Å². The summed E-state index contributed by atoms with van der Waals surface area (Å²) in [6, 6.07) is 10.5. The number of fused-ring (bicyclic) bond motifs is 3. The summed E-state index contributed by atoms with van der Waals surface area (Å²) in [7, 11) is 0.336. The summed E-state index contributed by atoms with van der Waals surface area (Å²) in [5.74, 6) is 0.531. The Balaban J connectivity index is 1.70. The first-order chi connectivity index (χ1) is 12.8. The van der Waals surface area contributed by atoms with Gasteiger partial charge in [-0.05, 0) is 69.4 Å². The van der Waals surface area contributed by atoms with Crippen molar-refractivity contribution < 1.29 is 17.2 Å². The average molecular weight is 388 g/mol. The van der Waals surface area contributed by atoms with Crippen LogP contribution in [0.2, 0.25) is 0 Å². The molecule has 0 saturated carbocycles. The van der Waals surface area contributed by atoms with E-state index in [1.807, 2.05) is 0 Å². The van der Waals surface area contributed by atoms with Gasteiger partial charge in [-0.25, -0.2) is 12.8 Å². The third-order valence-corrected chi connectivity index (χ3v) is 6.51. The molecule has 5 nitrogen and oxygen atoms in total. The molecule has 0 bridgehead atoms. The van der Waals surface area contributed by atoms with Crippen LogP contribution >= 0.6 is 0 Å². The van der Waals surface area contributed by atoms with E-state index in [0.29, 0.717) is 17.3 Å². The molecular formula is C20H21FN2O3S. The number of aryl methyl sites for hydroxylation is 1. The van der Waals surface area contributed by atoms with Crippen molar-refractivity contribution in [3.8, 4) is 0 Å². The van der Waals surface area contributed by atoms with Crippen molar-refractivity contribution in [2.45, 2.75) is 30.2 Å². The lowest BCUT2D eigenvalue weighted by atomic mass is 9.91. The van der Waals surface area contributed by atoms with Crippen LogP contribution in [0.4, 0.5) is 10.1 Å². The molecule has 4 rings (SSSR count). The Morgan fingerprint density at radius 1 is 1.15 bits per heavy atom. The molecule has 0 radical (unpaired) electrons. The van der Waals surface area contributed by atoms with Crippen molar-refractivity contribution in [1.82, 2.24) is 4.90 Å². The number of furan rings is 1. The Labute approximate surface area is 157 Å². The van der Waals surface area contributed by atoms with E-state index >= 15 is 0 Å². The smallest absolute Gasteiger partial charge is 0.261 e. The zero-order valence-electron chi connectivity index (χ0n) is 15.2. The number of hydrogen-bond acceptors (Lipinski definition) is 4. The van der Waals surface area contributed by atoms with E-state index in [1.165, 1.54) is 30.3 Å². The summed E-state index contributed by atoms with van der Waals surface area (Å²) >= 11 is 0. The molecule has 0 saturated heterocycles. The standard InChI is InChI=1S/C20H21FN2O3S/c1-23(2)15-7-9-19-17(11-15)18-12-16(8-10-20(18)26-19)27(24,25)22-14-5-3-13(21)4-6-14/h3-6,8,10,12,15,22H,7,9,11H2,1-2H3. The number of benzene rings is 2. The topological polar surface area (TPSA) is 62.6 Å². The van der Waals surface area contributed by atoms with Crippen LogP contribution < -0.4 is 4.72 Å². The number of hydrogen-bond donors (Lipinski definition) is 1. The van der Waals surface area contributed by atoms with Gasteiger partial charge >= 0.3 is 0 Å². The van der Waals surface area contributed by atoms with Crippen molar-refractivity contribution >= 4 is 26.7 Å². The quantitative estimate of drug-likeness (QED) is 0.739. The highest BCUT2D eigenvalue weighted by molar-refractivity contribution is 7.92. The van der Waals surface area contributed by atoms with Gasteiger partial charge in [-0.3, -0.25) is 4.72 Å². The van der Waals surface area contributed by atoms with Crippen LogP contribution in [-0.2, 0) is 22.9 Å². The van der Waals surface area contributed by atoms with Gasteiger partial charge in [0, 0.05) is 29.1 Å². The molecule has 1 aromatic heterocycles. The molecule has 1 heterocycles. The summed E-state index contributed by atoms with van der Waals surface area (Å²) in [6.07, 6.45) is 2.71. The first-order valence-corrected chi connectivity index (χ1v) is 10.3. The molecule has 0 amide bonds. The van der Waals surface area contributed by atoms with Crippen molar-refractivity contribution in [3.05, 3.63) is 59.6 Å². The molecule has 7 heteroatoms. The van der Waals surface area contributed by atoms with E-state index in [-0.39, 0.29) is 4.90 Å². The Morgan fingerprint density at radius 3 is 2.59 bits per heavy atom. The summed E-state index contributed by atoms with van der Waals surface area (Å²) in [5.41, 5.74) is 2.12. The van der Waals surface area contributed by atoms with Gasteiger partial charge in [-0.2, -0.15) is 0 Å². The van der Waals surface area contributed by atoms with Crippen LogP contribution in [-0.4, -0.2) is 33.5 Å². The van der Waals surface area contributed by atoms with Crippen molar-refractivity contribution in [2.75, 3.05) is 18.8 Å². The molecule has 1 aliphatic rings. The minimum atomic E-state index is -3.78. The van der Waals surface area contributed by atoms with Gasteiger partial charge in [0.1, 0.15) is 17.2 Å². The SMILES string of the molecule is CN(C)C1CCc2oc3ccc(S(=O)(=O)Nc4ccc(F)cc4)cc3c2C1. The number of nitrogens with zero attached hydrogens (tertiary/aromatic N) is 1. The highest BCUT2D eigenvalue weighted by Crippen LogP contribution is 2.34. The lowest BCUT2D eigenvalue weighted by Gasteiger charge is -2.27. The minimum absolute atomic E-state index is 0.162. The van der Waals surface area contributed by atoms with Gasteiger partial charge in [0.25, 0.3) is 10.0 Å². The maximum atomic E-state index is 13.0. The molecule has 3 aromatic rings. The molecule has 1 atom stereocenters. The predicted octanol–water partition coefficient (Wildman–Crippen LogP) is 3.79. The number of nitrogens with one attached hydrogen (secondary N) is 1. The van der Waals surface area contributed by atoms with Gasteiger partial charge in [-0.15, -0.1) is 0 Å². The second-order valence-corrected chi connectivity index (χ2v) is 8.82. The fourth-order valence-electron chi connectivity index (χ4n) is 3.58. The third-order valence-electron chi connectivity index (χ3n) is 5.13. The largest absolute Gasteiger partial charge is 0.461 e. The fraction of sp³-hybridized carbons (Fsp3) is 0.300. The molecule has 1 unspecified atom stereocenters. The Bertz CT molecular complexity index is 1090.